The second-order valence-corrected chi connectivity index (χ2v) is 9.53. The van der Waals surface area contributed by atoms with Gasteiger partial charge in [-0.2, -0.15) is 4.31 Å². The van der Waals surface area contributed by atoms with Crippen LogP contribution in [-0.4, -0.2) is 38.9 Å². The van der Waals surface area contributed by atoms with Crippen LogP contribution in [0.5, 0.6) is 0 Å². The van der Waals surface area contributed by atoms with Gasteiger partial charge in [0.2, 0.25) is 0 Å². The number of piperazine rings is 1. The van der Waals surface area contributed by atoms with Crippen LogP contribution in [-0.2, 0) is 10.0 Å². The first kappa shape index (κ1) is 15.9. The first-order valence-corrected chi connectivity index (χ1v) is 9.78. The van der Waals surface area contributed by atoms with Crippen LogP contribution >= 0.6 is 27.3 Å². The maximum atomic E-state index is 13.8. The summed E-state index contributed by atoms with van der Waals surface area (Å²) in [7, 11) is -3.46. The van der Waals surface area contributed by atoms with Crippen molar-refractivity contribution in [2.75, 3.05) is 31.1 Å². The molecule has 2 heterocycles. The zero-order valence-electron chi connectivity index (χ0n) is 11.6. The molecule has 118 valence electrons. The predicted molar refractivity (Wildman–Crippen MR) is 89.4 cm³/mol. The number of sulfonamides is 1. The SMILES string of the molecule is O=S(=O)(c1ccc(Br)s1)N1CCN(c2ccccc2F)CC1. The number of anilines is 1. The molecule has 0 N–H and O–H groups in total. The van der Waals surface area contributed by atoms with Crippen LogP contribution < -0.4 is 4.90 Å². The van der Waals surface area contributed by atoms with Gasteiger partial charge in [0.05, 0.1) is 9.47 Å². The zero-order chi connectivity index (χ0) is 15.7. The van der Waals surface area contributed by atoms with Crippen LogP contribution in [0.15, 0.2) is 44.4 Å². The van der Waals surface area contributed by atoms with E-state index in [1.165, 1.54) is 21.7 Å². The predicted octanol–water partition coefficient (Wildman–Crippen LogP) is 3.16. The highest BCUT2D eigenvalue weighted by Gasteiger charge is 2.30. The number of hydrogen-bond acceptors (Lipinski definition) is 4. The van der Waals surface area contributed by atoms with Gasteiger partial charge in [-0.25, -0.2) is 12.8 Å². The third-order valence-corrected chi connectivity index (χ3v) is 7.56. The first-order chi connectivity index (χ1) is 10.5. The summed E-state index contributed by atoms with van der Waals surface area (Å²) in [5.41, 5.74) is 0.526. The molecule has 0 aliphatic carbocycles. The highest BCUT2D eigenvalue weighted by molar-refractivity contribution is 9.11. The minimum Gasteiger partial charge on any atom is -0.367 e. The van der Waals surface area contributed by atoms with Crippen molar-refractivity contribution in [3.8, 4) is 0 Å². The van der Waals surface area contributed by atoms with Gasteiger partial charge in [-0.3, -0.25) is 0 Å². The van der Waals surface area contributed by atoms with E-state index in [1.807, 2.05) is 4.90 Å². The van der Waals surface area contributed by atoms with E-state index in [2.05, 4.69) is 15.9 Å². The molecule has 1 aliphatic rings. The maximum Gasteiger partial charge on any atom is 0.252 e. The Morgan fingerprint density at radius 1 is 1.05 bits per heavy atom. The van der Waals surface area contributed by atoms with Crippen molar-refractivity contribution in [1.29, 1.82) is 0 Å². The molecule has 0 radical (unpaired) electrons. The normalized spacial score (nSPS) is 16.9. The molecule has 2 aromatic rings. The fourth-order valence-electron chi connectivity index (χ4n) is 2.44. The van der Waals surface area contributed by atoms with Crippen molar-refractivity contribution >= 4 is 43.0 Å². The Bertz CT molecular complexity index is 771. The van der Waals surface area contributed by atoms with E-state index in [0.29, 0.717) is 36.1 Å². The second-order valence-electron chi connectivity index (χ2n) is 4.90. The van der Waals surface area contributed by atoms with Crippen molar-refractivity contribution in [1.82, 2.24) is 4.31 Å². The van der Waals surface area contributed by atoms with Crippen molar-refractivity contribution in [2.45, 2.75) is 4.21 Å². The molecule has 0 atom stereocenters. The zero-order valence-corrected chi connectivity index (χ0v) is 14.8. The molecule has 0 amide bonds. The minimum atomic E-state index is -3.46. The lowest BCUT2D eigenvalue weighted by molar-refractivity contribution is 0.384. The lowest BCUT2D eigenvalue weighted by atomic mass is 10.2. The monoisotopic (exact) mass is 404 g/mol. The van der Waals surface area contributed by atoms with Crippen LogP contribution in [0, 0.1) is 5.82 Å². The van der Waals surface area contributed by atoms with Crippen LogP contribution in [0.3, 0.4) is 0 Å². The Kier molecular flexibility index (Phi) is 4.54. The number of hydrogen-bond donors (Lipinski definition) is 0. The number of benzene rings is 1. The highest BCUT2D eigenvalue weighted by Crippen LogP contribution is 2.29. The average molecular weight is 405 g/mol. The Morgan fingerprint density at radius 2 is 1.73 bits per heavy atom. The largest absolute Gasteiger partial charge is 0.367 e. The third kappa shape index (κ3) is 3.05. The molecule has 3 rings (SSSR count). The lowest BCUT2D eigenvalue weighted by Gasteiger charge is -2.35. The first-order valence-electron chi connectivity index (χ1n) is 6.73. The molecular weight excluding hydrogens is 391 g/mol. The molecule has 0 saturated carbocycles. The molecule has 0 unspecified atom stereocenters. The summed E-state index contributed by atoms with van der Waals surface area (Å²) < 4.78 is 41.4. The number of rotatable bonds is 3. The van der Waals surface area contributed by atoms with Gasteiger partial charge in [0.25, 0.3) is 10.0 Å². The van der Waals surface area contributed by atoms with E-state index in [1.54, 1.807) is 30.3 Å². The van der Waals surface area contributed by atoms with Gasteiger partial charge in [0.1, 0.15) is 10.0 Å². The summed E-state index contributed by atoms with van der Waals surface area (Å²) in [5.74, 6) is -0.277. The number of thiophene rings is 1. The molecule has 4 nitrogen and oxygen atoms in total. The van der Waals surface area contributed by atoms with Gasteiger partial charge in [-0.15, -0.1) is 11.3 Å². The summed E-state index contributed by atoms with van der Waals surface area (Å²) in [6, 6.07) is 9.90. The minimum absolute atomic E-state index is 0.277. The van der Waals surface area contributed by atoms with Crippen LogP contribution in [0.2, 0.25) is 0 Å². The van der Waals surface area contributed by atoms with Crippen LogP contribution in [0.1, 0.15) is 0 Å². The van der Waals surface area contributed by atoms with Crippen LogP contribution in [0.4, 0.5) is 10.1 Å². The van der Waals surface area contributed by atoms with Gasteiger partial charge in [0.15, 0.2) is 0 Å². The Hall–Kier alpha value is -0.960. The highest BCUT2D eigenvalue weighted by atomic mass is 79.9. The second kappa shape index (κ2) is 6.27. The van der Waals surface area contributed by atoms with Gasteiger partial charge in [-0.05, 0) is 40.2 Å². The van der Waals surface area contributed by atoms with E-state index in [-0.39, 0.29) is 5.82 Å². The van der Waals surface area contributed by atoms with E-state index in [0.717, 1.165) is 3.79 Å². The van der Waals surface area contributed by atoms with Crippen molar-refractivity contribution in [3.63, 3.8) is 0 Å². The van der Waals surface area contributed by atoms with Gasteiger partial charge >= 0.3 is 0 Å². The topological polar surface area (TPSA) is 40.6 Å². The molecule has 1 aliphatic heterocycles. The molecule has 1 fully saturated rings. The molecule has 8 heteroatoms. The molecule has 0 spiro atoms. The Balaban J connectivity index is 1.73. The van der Waals surface area contributed by atoms with E-state index >= 15 is 0 Å². The third-order valence-electron chi connectivity index (χ3n) is 3.57. The number of halogens is 2. The van der Waals surface area contributed by atoms with Crippen LogP contribution in [0.25, 0.3) is 0 Å². The molecular formula is C14H14BrFN2O2S2. The van der Waals surface area contributed by atoms with Gasteiger partial charge in [-0.1, -0.05) is 12.1 Å². The molecule has 1 saturated heterocycles. The number of nitrogens with zero attached hydrogens (tertiary/aromatic N) is 2. The standard InChI is InChI=1S/C14H14BrFN2O2S2/c15-13-5-6-14(21-13)22(19,20)18-9-7-17(8-10-18)12-4-2-1-3-11(12)16/h1-6H,7-10H2. The smallest absolute Gasteiger partial charge is 0.252 e. The van der Waals surface area contributed by atoms with Gasteiger partial charge < -0.3 is 4.90 Å². The average Bonchev–Trinajstić information content (AvgIpc) is 2.95. The quantitative estimate of drug-likeness (QED) is 0.788. The summed E-state index contributed by atoms with van der Waals surface area (Å²) in [4.78, 5) is 1.88. The summed E-state index contributed by atoms with van der Waals surface area (Å²) in [5, 5.41) is 0. The number of para-hydroxylation sites is 1. The van der Waals surface area contributed by atoms with Crippen molar-refractivity contribution in [2.24, 2.45) is 0 Å². The van der Waals surface area contributed by atoms with E-state index in [9.17, 15) is 12.8 Å². The van der Waals surface area contributed by atoms with E-state index in [4.69, 9.17) is 0 Å². The maximum absolute atomic E-state index is 13.8. The van der Waals surface area contributed by atoms with Crippen molar-refractivity contribution in [3.05, 3.63) is 46.0 Å². The molecule has 22 heavy (non-hydrogen) atoms. The molecule has 0 bridgehead atoms. The Morgan fingerprint density at radius 3 is 2.32 bits per heavy atom. The fraction of sp³-hybridized carbons (Fsp3) is 0.286. The fourth-order valence-corrected chi connectivity index (χ4v) is 6.03. The van der Waals surface area contributed by atoms with Gasteiger partial charge in [0, 0.05) is 26.2 Å². The summed E-state index contributed by atoms with van der Waals surface area (Å²) in [6.45, 7) is 1.66. The summed E-state index contributed by atoms with van der Waals surface area (Å²) in [6.07, 6.45) is 0. The summed E-state index contributed by atoms with van der Waals surface area (Å²) >= 11 is 4.48. The molecule has 1 aromatic heterocycles. The molecule has 1 aromatic carbocycles. The Labute approximate surface area is 141 Å². The lowest BCUT2D eigenvalue weighted by Crippen LogP contribution is -2.48. The van der Waals surface area contributed by atoms with Crippen molar-refractivity contribution < 1.29 is 12.8 Å². The van der Waals surface area contributed by atoms with E-state index < -0.39 is 10.0 Å².